The summed E-state index contributed by atoms with van der Waals surface area (Å²) >= 11 is 0. The SMILES string of the molecule is Cc1ccc(-c2cc(F)c[nH]c2=O)cc1. The normalized spacial score (nSPS) is 10.3. The number of hydrogen-bond donors (Lipinski definition) is 1. The fourth-order valence-electron chi connectivity index (χ4n) is 1.40. The summed E-state index contributed by atoms with van der Waals surface area (Å²) in [5, 5.41) is 0. The Bertz CT molecular complexity index is 528. The Labute approximate surface area is 86.4 Å². The summed E-state index contributed by atoms with van der Waals surface area (Å²) in [6.07, 6.45) is 1.06. The largest absolute Gasteiger partial charge is 0.326 e. The molecule has 1 aromatic heterocycles. The molecule has 0 saturated heterocycles. The number of nitrogens with one attached hydrogen (secondary N) is 1. The molecule has 2 nitrogen and oxygen atoms in total. The Morgan fingerprint density at radius 1 is 1.20 bits per heavy atom. The number of aromatic nitrogens is 1. The number of pyridine rings is 1. The molecule has 0 saturated carbocycles. The predicted molar refractivity (Wildman–Crippen MR) is 57.2 cm³/mol. The topological polar surface area (TPSA) is 32.9 Å². The van der Waals surface area contributed by atoms with Crippen LogP contribution in [0.15, 0.2) is 41.3 Å². The average molecular weight is 203 g/mol. The molecule has 1 heterocycles. The second-order valence-electron chi connectivity index (χ2n) is 3.43. The van der Waals surface area contributed by atoms with E-state index in [1.807, 2.05) is 19.1 Å². The van der Waals surface area contributed by atoms with Crippen molar-refractivity contribution in [2.24, 2.45) is 0 Å². The number of halogens is 1. The van der Waals surface area contributed by atoms with Crippen LogP contribution in [0.4, 0.5) is 4.39 Å². The van der Waals surface area contributed by atoms with Crippen molar-refractivity contribution in [2.45, 2.75) is 6.92 Å². The highest BCUT2D eigenvalue weighted by Crippen LogP contribution is 2.16. The maximum Gasteiger partial charge on any atom is 0.256 e. The number of aromatic amines is 1. The van der Waals surface area contributed by atoms with Gasteiger partial charge >= 0.3 is 0 Å². The van der Waals surface area contributed by atoms with Crippen molar-refractivity contribution in [2.75, 3.05) is 0 Å². The molecule has 0 fully saturated rings. The lowest BCUT2D eigenvalue weighted by atomic mass is 10.1. The van der Waals surface area contributed by atoms with Gasteiger partial charge in [-0.2, -0.15) is 0 Å². The summed E-state index contributed by atoms with van der Waals surface area (Å²) < 4.78 is 12.9. The summed E-state index contributed by atoms with van der Waals surface area (Å²) in [6.45, 7) is 1.96. The standard InChI is InChI=1S/C12H10FNO/c1-8-2-4-9(5-3-8)11-6-10(13)7-14-12(11)15/h2-7H,1H3,(H,14,15). The van der Waals surface area contributed by atoms with E-state index in [1.54, 1.807) is 12.1 Å². The monoisotopic (exact) mass is 203 g/mol. The van der Waals surface area contributed by atoms with Gasteiger partial charge in [-0.15, -0.1) is 0 Å². The molecule has 1 N–H and O–H groups in total. The van der Waals surface area contributed by atoms with Gasteiger partial charge in [-0.25, -0.2) is 4.39 Å². The lowest BCUT2D eigenvalue weighted by Gasteiger charge is -2.00. The molecule has 0 spiro atoms. The third-order valence-corrected chi connectivity index (χ3v) is 2.23. The molecule has 0 aliphatic heterocycles. The fourth-order valence-corrected chi connectivity index (χ4v) is 1.40. The quantitative estimate of drug-likeness (QED) is 0.758. The van der Waals surface area contributed by atoms with Crippen LogP contribution in [0.25, 0.3) is 11.1 Å². The molecule has 2 rings (SSSR count). The van der Waals surface area contributed by atoms with Gasteiger partial charge in [-0.1, -0.05) is 29.8 Å². The number of H-pyrrole nitrogens is 1. The van der Waals surface area contributed by atoms with Crippen molar-refractivity contribution in [3.8, 4) is 11.1 Å². The second kappa shape index (κ2) is 3.69. The lowest BCUT2D eigenvalue weighted by Crippen LogP contribution is -2.08. The highest BCUT2D eigenvalue weighted by molar-refractivity contribution is 5.62. The second-order valence-corrected chi connectivity index (χ2v) is 3.43. The number of aryl methyl sites for hydroxylation is 1. The summed E-state index contributed by atoms with van der Waals surface area (Å²) in [7, 11) is 0. The van der Waals surface area contributed by atoms with Gasteiger partial charge in [0.15, 0.2) is 0 Å². The van der Waals surface area contributed by atoms with E-state index in [4.69, 9.17) is 0 Å². The molecule has 0 atom stereocenters. The minimum atomic E-state index is -0.440. The van der Waals surface area contributed by atoms with E-state index in [2.05, 4.69) is 4.98 Å². The van der Waals surface area contributed by atoms with Crippen molar-refractivity contribution < 1.29 is 4.39 Å². The first kappa shape index (κ1) is 9.65. The van der Waals surface area contributed by atoms with E-state index in [9.17, 15) is 9.18 Å². The first-order valence-corrected chi connectivity index (χ1v) is 4.62. The number of benzene rings is 1. The van der Waals surface area contributed by atoms with Gasteiger partial charge in [0.05, 0.1) is 0 Å². The van der Waals surface area contributed by atoms with Gasteiger partial charge < -0.3 is 4.98 Å². The van der Waals surface area contributed by atoms with Crippen LogP contribution in [-0.4, -0.2) is 4.98 Å². The Morgan fingerprint density at radius 3 is 2.53 bits per heavy atom. The van der Waals surface area contributed by atoms with Crippen molar-refractivity contribution in [1.82, 2.24) is 4.98 Å². The lowest BCUT2D eigenvalue weighted by molar-refractivity contribution is 0.621. The van der Waals surface area contributed by atoms with Crippen molar-refractivity contribution >= 4 is 0 Å². The van der Waals surface area contributed by atoms with E-state index in [0.29, 0.717) is 5.56 Å². The Hall–Kier alpha value is -1.90. The van der Waals surface area contributed by atoms with Gasteiger partial charge in [0, 0.05) is 11.8 Å². The molecule has 3 heteroatoms. The van der Waals surface area contributed by atoms with Crippen molar-refractivity contribution in [3.05, 3.63) is 58.3 Å². The first-order chi connectivity index (χ1) is 7.16. The minimum Gasteiger partial charge on any atom is -0.326 e. The van der Waals surface area contributed by atoms with E-state index in [-0.39, 0.29) is 5.56 Å². The average Bonchev–Trinajstić information content (AvgIpc) is 2.23. The summed E-state index contributed by atoms with van der Waals surface area (Å²) in [4.78, 5) is 13.8. The smallest absolute Gasteiger partial charge is 0.256 e. The highest BCUT2D eigenvalue weighted by atomic mass is 19.1. The van der Waals surface area contributed by atoms with Crippen molar-refractivity contribution in [1.29, 1.82) is 0 Å². The third-order valence-electron chi connectivity index (χ3n) is 2.23. The first-order valence-electron chi connectivity index (χ1n) is 4.62. The molecule has 0 radical (unpaired) electrons. The van der Waals surface area contributed by atoms with Gasteiger partial charge in [0.25, 0.3) is 5.56 Å². The van der Waals surface area contributed by atoms with Crippen LogP contribution in [0.2, 0.25) is 0 Å². The Morgan fingerprint density at radius 2 is 1.87 bits per heavy atom. The van der Waals surface area contributed by atoms with Crippen LogP contribution in [0.3, 0.4) is 0 Å². The van der Waals surface area contributed by atoms with Crippen LogP contribution < -0.4 is 5.56 Å². The summed E-state index contributed by atoms with van der Waals surface area (Å²) in [5.74, 6) is -0.440. The van der Waals surface area contributed by atoms with E-state index in [1.165, 1.54) is 6.07 Å². The Balaban J connectivity index is 2.58. The molecule has 0 aliphatic rings. The molecular formula is C12H10FNO. The van der Waals surface area contributed by atoms with Crippen LogP contribution in [0.5, 0.6) is 0 Å². The number of rotatable bonds is 1. The molecule has 0 unspecified atom stereocenters. The fraction of sp³-hybridized carbons (Fsp3) is 0.0833. The van der Waals surface area contributed by atoms with Crippen LogP contribution in [0, 0.1) is 12.7 Å². The molecular weight excluding hydrogens is 193 g/mol. The van der Waals surface area contributed by atoms with Crippen LogP contribution in [-0.2, 0) is 0 Å². The maximum atomic E-state index is 12.9. The third kappa shape index (κ3) is 1.96. The van der Waals surface area contributed by atoms with Gasteiger partial charge in [-0.3, -0.25) is 4.79 Å². The van der Waals surface area contributed by atoms with E-state index >= 15 is 0 Å². The molecule has 2 aromatic rings. The minimum absolute atomic E-state index is 0.278. The molecule has 15 heavy (non-hydrogen) atoms. The zero-order valence-electron chi connectivity index (χ0n) is 8.25. The van der Waals surface area contributed by atoms with Crippen LogP contribution in [0.1, 0.15) is 5.56 Å². The van der Waals surface area contributed by atoms with E-state index in [0.717, 1.165) is 17.3 Å². The van der Waals surface area contributed by atoms with Gasteiger partial charge in [-0.05, 0) is 18.6 Å². The zero-order valence-corrected chi connectivity index (χ0v) is 8.25. The molecule has 0 aliphatic carbocycles. The van der Waals surface area contributed by atoms with Crippen molar-refractivity contribution in [3.63, 3.8) is 0 Å². The molecule has 0 amide bonds. The summed E-state index contributed by atoms with van der Waals surface area (Å²) in [6, 6.07) is 8.63. The molecule has 76 valence electrons. The predicted octanol–water partition coefficient (Wildman–Crippen LogP) is 2.49. The van der Waals surface area contributed by atoms with Gasteiger partial charge in [0.2, 0.25) is 0 Å². The summed E-state index contributed by atoms with van der Waals surface area (Å²) in [5.41, 5.74) is 1.91. The zero-order chi connectivity index (χ0) is 10.8. The number of hydrogen-bond acceptors (Lipinski definition) is 1. The molecule has 1 aromatic carbocycles. The maximum absolute atomic E-state index is 12.9. The molecule has 0 bridgehead atoms. The van der Waals surface area contributed by atoms with E-state index < -0.39 is 5.82 Å². The van der Waals surface area contributed by atoms with Crippen LogP contribution >= 0.6 is 0 Å². The van der Waals surface area contributed by atoms with Gasteiger partial charge in [0.1, 0.15) is 5.82 Å². The Kier molecular flexibility index (Phi) is 2.37. The highest BCUT2D eigenvalue weighted by Gasteiger charge is 2.03.